The molecule has 0 bridgehead atoms. The third-order valence-corrected chi connectivity index (χ3v) is 10.0. The number of hydrogen-bond donors (Lipinski definition) is 0. The van der Waals surface area contributed by atoms with Gasteiger partial charge in [-0.05, 0) is 36.3 Å². The quantitative estimate of drug-likeness (QED) is 0.479. The zero-order chi connectivity index (χ0) is 18.9. The van der Waals surface area contributed by atoms with E-state index in [-0.39, 0.29) is 0 Å². The third-order valence-electron chi connectivity index (χ3n) is 5.07. The average Bonchev–Trinajstić information content (AvgIpc) is 2.59. The number of hydrogen-bond acceptors (Lipinski definition) is 0. The van der Waals surface area contributed by atoms with Crippen molar-refractivity contribution in [1.82, 2.24) is 0 Å². The van der Waals surface area contributed by atoms with E-state index in [0.29, 0.717) is 32.3 Å². The first kappa shape index (κ1) is 18.5. The molecular formula is C22H21F3Si. The Labute approximate surface area is 153 Å². The molecule has 0 unspecified atom stereocenters. The second-order valence-corrected chi connectivity index (χ2v) is 10.4. The van der Waals surface area contributed by atoms with Crippen LogP contribution >= 0.6 is 0 Å². The first-order valence-corrected chi connectivity index (χ1v) is 10.5. The summed E-state index contributed by atoms with van der Waals surface area (Å²) in [5.74, 6) is -4.36. The molecule has 0 amide bonds. The molecule has 0 heterocycles. The van der Waals surface area contributed by atoms with Crippen LogP contribution in [0.25, 0.3) is 0 Å². The molecule has 3 rings (SSSR count). The smallest absolute Gasteiger partial charge is 0.175 e. The lowest BCUT2D eigenvalue weighted by molar-refractivity contribution is -0.0516. The SMILES string of the molecule is Cc1ccccc1[Si](c1ccccc1C)(c1ccccc1C)C(F)(F)F. The van der Waals surface area contributed by atoms with Crippen LogP contribution in [0.2, 0.25) is 0 Å². The molecule has 0 aliphatic carbocycles. The van der Waals surface area contributed by atoms with Gasteiger partial charge in [0.15, 0.2) is 0 Å². The maximum absolute atomic E-state index is 15.0. The summed E-state index contributed by atoms with van der Waals surface area (Å²) in [6.45, 7) is 5.33. The summed E-state index contributed by atoms with van der Waals surface area (Å²) in [6.07, 6.45) is 0. The lowest BCUT2D eigenvalue weighted by atomic mass is 10.2. The summed E-state index contributed by atoms with van der Waals surface area (Å²) in [5.41, 5.74) is 2.05. The Hall–Kier alpha value is -2.33. The van der Waals surface area contributed by atoms with Gasteiger partial charge in [0.1, 0.15) is 0 Å². The van der Waals surface area contributed by atoms with E-state index >= 15 is 13.2 Å². The highest BCUT2D eigenvalue weighted by Gasteiger charge is 2.62. The molecule has 0 fully saturated rings. The highest BCUT2D eigenvalue weighted by molar-refractivity contribution is 7.13. The van der Waals surface area contributed by atoms with Gasteiger partial charge in [0.05, 0.1) is 0 Å². The molecule has 0 N–H and O–H groups in total. The summed E-state index contributed by atoms with van der Waals surface area (Å²) in [4.78, 5) is 0. The van der Waals surface area contributed by atoms with Crippen LogP contribution in [-0.2, 0) is 0 Å². The Balaban J connectivity index is 2.56. The van der Waals surface area contributed by atoms with Gasteiger partial charge in [0.2, 0.25) is 0 Å². The molecule has 3 aromatic carbocycles. The Bertz CT molecular complexity index is 817. The summed E-state index contributed by atoms with van der Waals surface area (Å²) in [5, 5.41) is 1.24. The summed E-state index contributed by atoms with van der Waals surface area (Å²) < 4.78 is 45.1. The molecule has 0 spiro atoms. The van der Waals surface area contributed by atoms with E-state index in [9.17, 15) is 0 Å². The van der Waals surface area contributed by atoms with Crippen molar-refractivity contribution in [2.75, 3.05) is 0 Å². The molecule has 0 radical (unpaired) electrons. The largest absolute Gasteiger partial charge is 0.375 e. The molecule has 0 aliphatic heterocycles. The van der Waals surface area contributed by atoms with Crippen LogP contribution in [0.1, 0.15) is 16.7 Å². The summed E-state index contributed by atoms with van der Waals surface area (Å²) >= 11 is 0. The third kappa shape index (κ3) is 2.78. The predicted molar refractivity (Wildman–Crippen MR) is 104 cm³/mol. The minimum absolute atomic E-state index is 0.413. The van der Waals surface area contributed by atoms with Gasteiger partial charge < -0.3 is 0 Å². The lowest BCUT2D eigenvalue weighted by Crippen LogP contribution is -2.77. The van der Waals surface area contributed by atoms with E-state index in [2.05, 4.69) is 0 Å². The van der Waals surface area contributed by atoms with Crippen molar-refractivity contribution in [3.63, 3.8) is 0 Å². The minimum Gasteiger partial charge on any atom is -0.175 e. The van der Waals surface area contributed by atoms with Gasteiger partial charge >= 0.3 is 5.80 Å². The van der Waals surface area contributed by atoms with Crippen molar-refractivity contribution >= 4 is 23.6 Å². The Morgan fingerprint density at radius 2 is 0.808 bits per heavy atom. The second kappa shape index (κ2) is 6.76. The molecule has 26 heavy (non-hydrogen) atoms. The maximum atomic E-state index is 15.0. The number of halogens is 3. The Morgan fingerprint density at radius 3 is 1.04 bits per heavy atom. The zero-order valence-corrected chi connectivity index (χ0v) is 16.1. The van der Waals surface area contributed by atoms with E-state index in [0.717, 1.165) is 0 Å². The van der Waals surface area contributed by atoms with E-state index < -0.39 is 13.9 Å². The van der Waals surface area contributed by atoms with Gasteiger partial charge in [-0.25, -0.2) is 0 Å². The minimum atomic E-state index is -4.36. The molecule has 0 nitrogen and oxygen atoms in total. The number of aryl methyl sites for hydroxylation is 3. The van der Waals surface area contributed by atoms with Crippen molar-refractivity contribution < 1.29 is 13.2 Å². The van der Waals surface area contributed by atoms with Crippen LogP contribution in [0.5, 0.6) is 0 Å². The second-order valence-electron chi connectivity index (χ2n) is 6.69. The van der Waals surface area contributed by atoms with Gasteiger partial charge in [-0.15, -0.1) is 0 Å². The van der Waals surface area contributed by atoms with Gasteiger partial charge in [-0.1, -0.05) is 89.5 Å². The van der Waals surface area contributed by atoms with E-state index in [1.165, 1.54) is 0 Å². The van der Waals surface area contributed by atoms with Gasteiger partial charge in [0, 0.05) is 0 Å². The van der Waals surface area contributed by atoms with Crippen LogP contribution < -0.4 is 15.6 Å². The van der Waals surface area contributed by atoms with Crippen LogP contribution in [-0.4, -0.2) is 13.9 Å². The summed E-state index contributed by atoms with van der Waals surface area (Å²) in [7, 11) is -4.26. The highest BCUT2D eigenvalue weighted by atomic mass is 28.3. The van der Waals surface area contributed by atoms with Gasteiger partial charge in [-0.3, -0.25) is 0 Å². The Morgan fingerprint density at radius 1 is 0.538 bits per heavy atom. The van der Waals surface area contributed by atoms with Crippen molar-refractivity contribution in [2.24, 2.45) is 0 Å². The van der Waals surface area contributed by atoms with Crippen molar-refractivity contribution in [1.29, 1.82) is 0 Å². The topological polar surface area (TPSA) is 0 Å². The lowest BCUT2D eigenvalue weighted by Gasteiger charge is -2.37. The first-order chi connectivity index (χ1) is 12.3. The molecule has 0 saturated carbocycles. The molecule has 0 aromatic heterocycles. The first-order valence-electron chi connectivity index (χ1n) is 8.55. The van der Waals surface area contributed by atoms with Crippen molar-refractivity contribution in [3.05, 3.63) is 89.5 Å². The van der Waals surface area contributed by atoms with Crippen LogP contribution in [0.3, 0.4) is 0 Å². The number of benzene rings is 3. The average molecular weight is 370 g/mol. The molecule has 0 atom stereocenters. The monoisotopic (exact) mass is 370 g/mol. The van der Waals surface area contributed by atoms with Crippen molar-refractivity contribution in [2.45, 2.75) is 26.6 Å². The molecule has 0 saturated heterocycles. The predicted octanol–water partition coefficient (Wildman–Crippen LogP) is 4.18. The van der Waals surface area contributed by atoms with Crippen LogP contribution in [0.15, 0.2) is 72.8 Å². The fourth-order valence-electron chi connectivity index (χ4n) is 3.87. The number of alkyl halides is 3. The Kier molecular flexibility index (Phi) is 4.80. The molecule has 3 aromatic rings. The van der Waals surface area contributed by atoms with E-state index in [1.54, 1.807) is 93.6 Å². The zero-order valence-electron chi connectivity index (χ0n) is 15.1. The standard InChI is InChI=1S/C22H21F3Si/c1-16-10-4-7-13-19(16)26(22(23,24)25,20-14-8-5-11-17(20)2)21-15-9-6-12-18(21)3/h4-15H,1-3H3. The fraction of sp³-hybridized carbons (Fsp3) is 0.182. The summed E-state index contributed by atoms with van der Waals surface area (Å²) in [6, 6.07) is 20.8. The van der Waals surface area contributed by atoms with Gasteiger partial charge in [0.25, 0.3) is 8.07 Å². The molecule has 134 valence electrons. The van der Waals surface area contributed by atoms with Crippen LogP contribution in [0, 0.1) is 20.8 Å². The van der Waals surface area contributed by atoms with Gasteiger partial charge in [-0.2, -0.15) is 13.2 Å². The van der Waals surface area contributed by atoms with E-state index in [4.69, 9.17) is 0 Å². The van der Waals surface area contributed by atoms with Crippen molar-refractivity contribution in [3.8, 4) is 0 Å². The van der Waals surface area contributed by atoms with E-state index in [1.807, 2.05) is 0 Å². The van der Waals surface area contributed by atoms with Crippen LogP contribution in [0.4, 0.5) is 13.2 Å². The molecule has 4 heteroatoms. The normalized spacial score (nSPS) is 12.2. The maximum Gasteiger partial charge on any atom is 0.375 e. The molecule has 0 aliphatic rings. The number of rotatable bonds is 3. The molecular weight excluding hydrogens is 349 g/mol. The highest BCUT2D eigenvalue weighted by Crippen LogP contribution is 2.31. The fourth-order valence-corrected chi connectivity index (χ4v) is 8.72.